The molecule has 2 atom stereocenters. The van der Waals surface area contributed by atoms with Crippen LogP contribution in [0.1, 0.15) is 29.8 Å². The minimum Gasteiger partial charge on any atom is -0.435 e. The second-order valence-electron chi connectivity index (χ2n) is 8.04. The van der Waals surface area contributed by atoms with Crippen LogP contribution in [0.15, 0.2) is 66.9 Å². The molecule has 0 fully saturated rings. The zero-order chi connectivity index (χ0) is 24.2. The van der Waals surface area contributed by atoms with Gasteiger partial charge in [0.15, 0.2) is 5.65 Å². The molecular weight excluding hydrogens is 462 g/mol. The van der Waals surface area contributed by atoms with E-state index in [4.69, 9.17) is 22.3 Å². The second-order valence-corrected chi connectivity index (χ2v) is 8.47. The first-order valence-corrected chi connectivity index (χ1v) is 11.1. The summed E-state index contributed by atoms with van der Waals surface area (Å²) >= 11 is 6.01. The van der Waals surface area contributed by atoms with E-state index in [1.165, 1.54) is 12.1 Å². The Balaban J connectivity index is 1.66. The molecule has 9 heteroatoms. The van der Waals surface area contributed by atoms with E-state index in [0.29, 0.717) is 35.0 Å². The van der Waals surface area contributed by atoms with Crippen molar-refractivity contribution in [3.8, 4) is 5.75 Å². The van der Waals surface area contributed by atoms with Gasteiger partial charge in [0.05, 0.1) is 12.5 Å². The quantitative estimate of drug-likeness (QED) is 0.355. The van der Waals surface area contributed by atoms with E-state index in [0.717, 1.165) is 11.1 Å². The SMILES string of the molecule is C[C@H](c1ccc(Cl)cc1)C(Cc1nc2cccnc2n1Cc1ccc(OC(F)F)cc1)C(N)=O. The number of fused-ring (bicyclic) bond motifs is 1. The van der Waals surface area contributed by atoms with Gasteiger partial charge < -0.3 is 15.0 Å². The first-order chi connectivity index (χ1) is 16.3. The van der Waals surface area contributed by atoms with E-state index in [2.05, 4.69) is 9.72 Å². The number of carbonyl (C=O) groups excluding carboxylic acids is 1. The smallest absolute Gasteiger partial charge is 0.387 e. The molecule has 0 bridgehead atoms. The molecule has 0 aliphatic heterocycles. The van der Waals surface area contributed by atoms with Crippen molar-refractivity contribution in [1.82, 2.24) is 14.5 Å². The number of benzene rings is 2. The van der Waals surface area contributed by atoms with Crippen LogP contribution < -0.4 is 10.5 Å². The molecule has 34 heavy (non-hydrogen) atoms. The summed E-state index contributed by atoms with van der Waals surface area (Å²) in [5.41, 5.74) is 8.95. The number of halogens is 3. The molecule has 2 aromatic heterocycles. The van der Waals surface area contributed by atoms with Crippen molar-refractivity contribution in [3.63, 3.8) is 0 Å². The summed E-state index contributed by atoms with van der Waals surface area (Å²) in [4.78, 5) is 21.7. The third-order valence-corrected chi connectivity index (χ3v) is 6.09. The normalized spacial score (nSPS) is 13.2. The van der Waals surface area contributed by atoms with Gasteiger partial charge >= 0.3 is 6.61 Å². The Morgan fingerprint density at radius 2 is 1.82 bits per heavy atom. The molecule has 0 saturated heterocycles. The summed E-state index contributed by atoms with van der Waals surface area (Å²) in [6, 6.07) is 17.4. The maximum atomic E-state index is 12.5. The Bertz CT molecular complexity index is 1280. The molecule has 0 aliphatic rings. The minimum atomic E-state index is -2.88. The number of pyridine rings is 1. The molecular formula is C25H23ClF2N4O2. The molecule has 4 rings (SSSR count). The number of primary amides is 1. The van der Waals surface area contributed by atoms with Crippen LogP contribution in [-0.4, -0.2) is 27.1 Å². The standard InChI is InChI=1S/C25H23ClF2N4O2/c1-15(17-6-8-18(26)9-7-17)20(23(29)33)13-22-31-21-3-2-12-30-24(21)32(22)14-16-4-10-19(11-5-16)34-25(27)28/h2-12,15,20,25H,13-14H2,1H3,(H2,29,33)/t15-,20?/m1/s1. The average molecular weight is 485 g/mol. The predicted molar refractivity (Wildman–Crippen MR) is 126 cm³/mol. The number of hydrogen-bond acceptors (Lipinski definition) is 4. The Morgan fingerprint density at radius 3 is 2.47 bits per heavy atom. The zero-order valence-corrected chi connectivity index (χ0v) is 19.1. The number of imidazole rings is 1. The molecule has 6 nitrogen and oxygen atoms in total. The lowest BCUT2D eigenvalue weighted by atomic mass is 9.84. The summed E-state index contributed by atoms with van der Waals surface area (Å²) in [6.07, 6.45) is 1.98. The Morgan fingerprint density at radius 1 is 1.12 bits per heavy atom. The van der Waals surface area contributed by atoms with Crippen LogP contribution >= 0.6 is 11.6 Å². The van der Waals surface area contributed by atoms with Gasteiger partial charge in [0.2, 0.25) is 5.91 Å². The molecule has 0 saturated carbocycles. The maximum absolute atomic E-state index is 12.5. The van der Waals surface area contributed by atoms with E-state index < -0.39 is 18.4 Å². The van der Waals surface area contributed by atoms with Crippen LogP contribution in [0.5, 0.6) is 5.75 Å². The lowest BCUT2D eigenvalue weighted by molar-refractivity contribution is -0.122. The highest BCUT2D eigenvalue weighted by atomic mass is 35.5. The highest BCUT2D eigenvalue weighted by Crippen LogP contribution is 2.29. The van der Waals surface area contributed by atoms with Crippen molar-refractivity contribution in [2.45, 2.75) is 32.4 Å². The molecule has 2 N–H and O–H groups in total. The van der Waals surface area contributed by atoms with Crippen molar-refractivity contribution in [3.05, 3.63) is 88.8 Å². The van der Waals surface area contributed by atoms with Crippen molar-refractivity contribution < 1.29 is 18.3 Å². The van der Waals surface area contributed by atoms with Gasteiger partial charge in [0.25, 0.3) is 0 Å². The number of alkyl halides is 2. The van der Waals surface area contributed by atoms with E-state index in [9.17, 15) is 13.6 Å². The molecule has 2 aromatic carbocycles. The van der Waals surface area contributed by atoms with Crippen LogP contribution in [-0.2, 0) is 17.8 Å². The third-order valence-electron chi connectivity index (χ3n) is 5.84. The monoisotopic (exact) mass is 484 g/mol. The molecule has 0 aliphatic carbocycles. The maximum Gasteiger partial charge on any atom is 0.387 e. The van der Waals surface area contributed by atoms with Gasteiger partial charge in [-0.1, -0.05) is 42.8 Å². The Hall–Kier alpha value is -3.52. The van der Waals surface area contributed by atoms with Crippen LogP contribution in [0, 0.1) is 5.92 Å². The highest BCUT2D eigenvalue weighted by molar-refractivity contribution is 6.30. The Kier molecular flexibility index (Phi) is 7.07. The lowest BCUT2D eigenvalue weighted by Gasteiger charge is -2.22. The van der Waals surface area contributed by atoms with E-state index >= 15 is 0 Å². The number of nitrogens with two attached hydrogens (primary N) is 1. The van der Waals surface area contributed by atoms with Crippen LogP contribution in [0.25, 0.3) is 11.2 Å². The first kappa shape index (κ1) is 23.6. The van der Waals surface area contributed by atoms with E-state index in [1.807, 2.05) is 29.7 Å². The second kappa shape index (κ2) is 10.2. The molecule has 4 aromatic rings. The van der Waals surface area contributed by atoms with Gasteiger partial charge in [-0.25, -0.2) is 9.97 Å². The van der Waals surface area contributed by atoms with Gasteiger partial charge in [-0.3, -0.25) is 4.79 Å². The molecule has 1 amide bonds. The fourth-order valence-corrected chi connectivity index (χ4v) is 4.13. The van der Waals surface area contributed by atoms with Crippen LogP contribution in [0.3, 0.4) is 0 Å². The molecule has 1 unspecified atom stereocenters. The number of nitrogens with zero attached hydrogens (tertiary/aromatic N) is 3. The number of hydrogen-bond donors (Lipinski definition) is 1. The van der Waals surface area contributed by atoms with E-state index in [1.54, 1.807) is 36.5 Å². The van der Waals surface area contributed by atoms with Gasteiger partial charge in [-0.05, 0) is 53.4 Å². The fraction of sp³-hybridized carbons (Fsp3) is 0.240. The lowest BCUT2D eigenvalue weighted by Crippen LogP contribution is -2.30. The van der Waals surface area contributed by atoms with Crippen molar-refractivity contribution in [2.24, 2.45) is 11.7 Å². The largest absolute Gasteiger partial charge is 0.435 e. The number of rotatable bonds is 9. The molecule has 0 radical (unpaired) electrons. The van der Waals surface area contributed by atoms with Gasteiger partial charge in [0, 0.05) is 17.6 Å². The molecule has 0 spiro atoms. The predicted octanol–water partition coefficient (Wildman–Crippen LogP) is 5.18. The molecule has 2 heterocycles. The summed E-state index contributed by atoms with van der Waals surface area (Å²) in [6.45, 7) is -0.544. The first-order valence-electron chi connectivity index (χ1n) is 10.7. The van der Waals surface area contributed by atoms with Crippen molar-refractivity contribution >= 4 is 28.7 Å². The topological polar surface area (TPSA) is 83.0 Å². The molecule has 176 valence electrons. The van der Waals surface area contributed by atoms with Crippen molar-refractivity contribution in [1.29, 1.82) is 0 Å². The van der Waals surface area contributed by atoms with Gasteiger partial charge in [-0.15, -0.1) is 0 Å². The number of amides is 1. The van der Waals surface area contributed by atoms with Crippen LogP contribution in [0.4, 0.5) is 8.78 Å². The Labute approximate surface area is 200 Å². The number of carbonyl (C=O) groups is 1. The summed E-state index contributed by atoms with van der Waals surface area (Å²) in [5.74, 6) is -0.368. The highest BCUT2D eigenvalue weighted by Gasteiger charge is 2.27. The fourth-order valence-electron chi connectivity index (χ4n) is 4.01. The summed E-state index contributed by atoms with van der Waals surface area (Å²) in [7, 11) is 0. The minimum absolute atomic E-state index is 0.0816. The third kappa shape index (κ3) is 5.34. The zero-order valence-electron chi connectivity index (χ0n) is 18.4. The number of ether oxygens (including phenoxy) is 1. The van der Waals surface area contributed by atoms with Gasteiger partial charge in [-0.2, -0.15) is 8.78 Å². The average Bonchev–Trinajstić information content (AvgIpc) is 3.15. The summed E-state index contributed by atoms with van der Waals surface area (Å²) < 4.78 is 31.3. The van der Waals surface area contributed by atoms with Crippen LogP contribution in [0.2, 0.25) is 5.02 Å². The van der Waals surface area contributed by atoms with Crippen molar-refractivity contribution in [2.75, 3.05) is 0 Å². The van der Waals surface area contributed by atoms with Gasteiger partial charge in [0.1, 0.15) is 17.1 Å². The van der Waals surface area contributed by atoms with E-state index in [-0.39, 0.29) is 11.7 Å². The summed E-state index contributed by atoms with van der Waals surface area (Å²) in [5, 5.41) is 0.615. The number of aromatic nitrogens is 3.